The Morgan fingerprint density at radius 2 is 1.52 bits per heavy atom. The molecule has 2 aromatic carbocycles. The molecule has 1 fully saturated rings. The number of amides is 1. The van der Waals surface area contributed by atoms with Gasteiger partial charge in [0.15, 0.2) is 0 Å². The number of aryl methyl sites for hydroxylation is 1. The zero-order valence-corrected chi connectivity index (χ0v) is 16.5. The van der Waals surface area contributed by atoms with Crippen LogP contribution < -0.4 is 4.90 Å². The van der Waals surface area contributed by atoms with E-state index >= 15 is 0 Å². The first-order chi connectivity index (χ1) is 14.2. The van der Waals surface area contributed by atoms with Crippen LogP contribution in [0.15, 0.2) is 72.8 Å². The first-order valence-electron chi connectivity index (χ1n) is 9.84. The number of carbonyl (C=O) groups is 1. The molecule has 29 heavy (non-hydrogen) atoms. The molecule has 0 spiro atoms. The number of benzene rings is 2. The van der Waals surface area contributed by atoms with Gasteiger partial charge < -0.3 is 9.80 Å². The fourth-order valence-electron chi connectivity index (χ4n) is 3.42. The molecule has 0 atom stereocenters. The standard InChI is InChI=1S/C25H23N3O/c1-20-7-5-12-24(26-20)27-15-17-28(18-16-27)25(29)23-11-6-10-22(19-23)14-13-21-8-3-2-4-9-21/h2-12,19H,15-18H2,1H3. The fraction of sp³-hybridized carbons (Fsp3) is 0.200. The molecule has 0 radical (unpaired) electrons. The number of carbonyl (C=O) groups excluding carboxylic acids is 1. The van der Waals surface area contributed by atoms with Crippen molar-refractivity contribution in [3.63, 3.8) is 0 Å². The van der Waals surface area contributed by atoms with Crippen LogP contribution in [0.1, 0.15) is 27.2 Å². The number of aromatic nitrogens is 1. The van der Waals surface area contributed by atoms with Crippen LogP contribution in [0, 0.1) is 18.8 Å². The molecule has 0 unspecified atom stereocenters. The SMILES string of the molecule is Cc1cccc(N2CCN(C(=O)c3cccc(C#Cc4ccccc4)c3)CC2)n1. The number of hydrogen-bond acceptors (Lipinski definition) is 3. The van der Waals surface area contributed by atoms with Crippen LogP contribution in [0.2, 0.25) is 0 Å². The van der Waals surface area contributed by atoms with Crippen molar-refractivity contribution in [3.05, 3.63) is 95.2 Å². The Labute approximate surface area is 171 Å². The molecule has 1 aliphatic rings. The molecule has 4 heteroatoms. The molecule has 0 saturated carbocycles. The highest BCUT2D eigenvalue weighted by Gasteiger charge is 2.23. The third-order valence-corrected chi connectivity index (χ3v) is 5.00. The van der Waals surface area contributed by atoms with Gasteiger partial charge in [-0.25, -0.2) is 4.98 Å². The van der Waals surface area contributed by atoms with Gasteiger partial charge in [0.1, 0.15) is 5.82 Å². The number of pyridine rings is 1. The van der Waals surface area contributed by atoms with E-state index in [0.29, 0.717) is 18.7 Å². The van der Waals surface area contributed by atoms with Gasteiger partial charge in [-0.05, 0) is 49.4 Å². The van der Waals surface area contributed by atoms with Crippen molar-refractivity contribution >= 4 is 11.7 Å². The van der Waals surface area contributed by atoms with Crippen LogP contribution in [-0.2, 0) is 0 Å². The topological polar surface area (TPSA) is 36.4 Å². The van der Waals surface area contributed by atoms with Gasteiger partial charge in [-0.2, -0.15) is 0 Å². The maximum atomic E-state index is 13.0. The van der Waals surface area contributed by atoms with E-state index in [0.717, 1.165) is 35.7 Å². The summed E-state index contributed by atoms with van der Waals surface area (Å²) in [6, 6.07) is 23.5. The second kappa shape index (κ2) is 8.62. The van der Waals surface area contributed by atoms with Crippen LogP contribution >= 0.6 is 0 Å². The molecular formula is C25H23N3O. The van der Waals surface area contributed by atoms with E-state index in [4.69, 9.17) is 0 Å². The summed E-state index contributed by atoms with van der Waals surface area (Å²) < 4.78 is 0. The van der Waals surface area contributed by atoms with Gasteiger partial charge in [0, 0.05) is 48.6 Å². The summed E-state index contributed by atoms with van der Waals surface area (Å²) in [5, 5.41) is 0. The van der Waals surface area contributed by atoms with Crippen LogP contribution in [0.4, 0.5) is 5.82 Å². The highest BCUT2D eigenvalue weighted by atomic mass is 16.2. The predicted molar refractivity (Wildman–Crippen MR) is 116 cm³/mol. The lowest BCUT2D eigenvalue weighted by Gasteiger charge is -2.35. The van der Waals surface area contributed by atoms with E-state index in [9.17, 15) is 4.79 Å². The summed E-state index contributed by atoms with van der Waals surface area (Å²) in [5.41, 5.74) is 3.51. The van der Waals surface area contributed by atoms with Gasteiger partial charge >= 0.3 is 0 Å². The monoisotopic (exact) mass is 381 g/mol. The fourth-order valence-corrected chi connectivity index (χ4v) is 3.42. The molecule has 0 aliphatic carbocycles. The number of anilines is 1. The average molecular weight is 381 g/mol. The van der Waals surface area contributed by atoms with Crippen molar-refractivity contribution in [2.45, 2.75) is 6.92 Å². The summed E-state index contributed by atoms with van der Waals surface area (Å²) in [5.74, 6) is 7.34. The lowest BCUT2D eigenvalue weighted by molar-refractivity contribution is 0.0746. The van der Waals surface area contributed by atoms with E-state index in [1.807, 2.05) is 84.6 Å². The van der Waals surface area contributed by atoms with Crippen molar-refractivity contribution in [1.82, 2.24) is 9.88 Å². The Bertz CT molecular complexity index is 1060. The van der Waals surface area contributed by atoms with Crippen molar-refractivity contribution in [2.24, 2.45) is 0 Å². The lowest BCUT2D eigenvalue weighted by Crippen LogP contribution is -2.49. The third kappa shape index (κ3) is 4.64. The van der Waals surface area contributed by atoms with Gasteiger partial charge in [0.05, 0.1) is 0 Å². The second-order valence-electron chi connectivity index (χ2n) is 7.11. The highest BCUT2D eigenvalue weighted by Crippen LogP contribution is 2.16. The molecule has 1 amide bonds. The van der Waals surface area contributed by atoms with E-state index in [-0.39, 0.29) is 5.91 Å². The average Bonchev–Trinajstić information content (AvgIpc) is 2.78. The first-order valence-corrected chi connectivity index (χ1v) is 9.84. The van der Waals surface area contributed by atoms with E-state index in [2.05, 4.69) is 21.7 Å². The van der Waals surface area contributed by atoms with Gasteiger partial charge in [0.25, 0.3) is 5.91 Å². The minimum atomic E-state index is 0.0604. The van der Waals surface area contributed by atoms with Crippen molar-refractivity contribution in [3.8, 4) is 11.8 Å². The molecule has 4 rings (SSSR count). The molecule has 4 nitrogen and oxygen atoms in total. The molecular weight excluding hydrogens is 358 g/mol. The van der Waals surface area contributed by atoms with Gasteiger partial charge in [-0.3, -0.25) is 4.79 Å². The molecule has 2 heterocycles. The zero-order valence-electron chi connectivity index (χ0n) is 16.5. The molecule has 0 bridgehead atoms. The van der Waals surface area contributed by atoms with Crippen molar-refractivity contribution in [1.29, 1.82) is 0 Å². The molecule has 0 N–H and O–H groups in total. The number of nitrogens with zero attached hydrogens (tertiary/aromatic N) is 3. The predicted octanol–water partition coefficient (Wildman–Crippen LogP) is 3.75. The highest BCUT2D eigenvalue weighted by molar-refractivity contribution is 5.94. The molecule has 1 aliphatic heterocycles. The normalized spacial score (nSPS) is 13.6. The van der Waals surface area contributed by atoms with E-state index < -0.39 is 0 Å². The van der Waals surface area contributed by atoms with Crippen LogP contribution in [0.5, 0.6) is 0 Å². The zero-order chi connectivity index (χ0) is 20.1. The largest absolute Gasteiger partial charge is 0.353 e. The van der Waals surface area contributed by atoms with Gasteiger partial charge in [-0.15, -0.1) is 0 Å². The summed E-state index contributed by atoms with van der Waals surface area (Å²) in [7, 11) is 0. The lowest BCUT2D eigenvalue weighted by atomic mass is 10.1. The molecule has 1 aromatic heterocycles. The second-order valence-corrected chi connectivity index (χ2v) is 7.11. The van der Waals surface area contributed by atoms with Crippen molar-refractivity contribution < 1.29 is 4.79 Å². The van der Waals surface area contributed by atoms with E-state index in [1.165, 1.54) is 0 Å². The van der Waals surface area contributed by atoms with Gasteiger partial charge in [-0.1, -0.05) is 42.2 Å². The Balaban J connectivity index is 1.42. The Morgan fingerprint density at radius 3 is 2.28 bits per heavy atom. The maximum Gasteiger partial charge on any atom is 0.254 e. The number of piperazine rings is 1. The minimum Gasteiger partial charge on any atom is -0.353 e. The summed E-state index contributed by atoms with van der Waals surface area (Å²) in [6.45, 7) is 4.95. The quantitative estimate of drug-likeness (QED) is 0.635. The van der Waals surface area contributed by atoms with Crippen molar-refractivity contribution in [2.75, 3.05) is 31.1 Å². The Hall–Kier alpha value is -3.58. The van der Waals surface area contributed by atoms with Crippen LogP contribution in [0.25, 0.3) is 0 Å². The molecule has 1 saturated heterocycles. The van der Waals surface area contributed by atoms with Crippen LogP contribution in [-0.4, -0.2) is 42.0 Å². The first kappa shape index (κ1) is 18.8. The number of rotatable bonds is 2. The Kier molecular flexibility index (Phi) is 5.58. The molecule has 3 aromatic rings. The molecule has 144 valence electrons. The maximum absolute atomic E-state index is 13.0. The van der Waals surface area contributed by atoms with Gasteiger partial charge in [0.2, 0.25) is 0 Å². The minimum absolute atomic E-state index is 0.0604. The summed E-state index contributed by atoms with van der Waals surface area (Å²) in [4.78, 5) is 21.7. The summed E-state index contributed by atoms with van der Waals surface area (Å²) in [6.07, 6.45) is 0. The van der Waals surface area contributed by atoms with E-state index in [1.54, 1.807) is 0 Å². The third-order valence-electron chi connectivity index (χ3n) is 5.00. The van der Waals surface area contributed by atoms with Crippen LogP contribution in [0.3, 0.4) is 0 Å². The smallest absolute Gasteiger partial charge is 0.254 e. The summed E-state index contributed by atoms with van der Waals surface area (Å²) >= 11 is 0. The Morgan fingerprint density at radius 1 is 0.828 bits per heavy atom. The number of hydrogen-bond donors (Lipinski definition) is 0.